The van der Waals surface area contributed by atoms with Crippen molar-refractivity contribution in [3.8, 4) is 5.75 Å². The molecule has 0 spiro atoms. The first-order valence-electron chi connectivity index (χ1n) is 13.6. The van der Waals surface area contributed by atoms with E-state index in [-0.39, 0.29) is 29.0 Å². The van der Waals surface area contributed by atoms with Gasteiger partial charge in [-0.3, -0.25) is 13.9 Å². The second-order valence-electron chi connectivity index (χ2n) is 10.2. The van der Waals surface area contributed by atoms with Crippen molar-refractivity contribution in [3.63, 3.8) is 0 Å². The fourth-order valence-electron chi connectivity index (χ4n) is 4.06. The third kappa shape index (κ3) is 8.53. The molecular weight excluding hydrogens is 545 g/mol. The number of benzene rings is 3. The maximum Gasteiger partial charge on any atom is 0.264 e. The van der Waals surface area contributed by atoms with Gasteiger partial charge in [0.05, 0.1) is 17.2 Å². The molecule has 0 saturated carbocycles. The Balaban J connectivity index is 2.01. The van der Waals surface area contributed by atoms with Crippen molar-refractivity contribution in [3.05, 3.63) is 89.7 Å². The Labute approximate surface area is 242 Å². The maximum absolute atomic E-state index is 13.9. The van der Waals surface area contributed by atoms with Crippen LogP contribution in [0.25, 0.3) is 0 Å². The van der Waals surface area contributed by atoms with Crippen LogP contribution in [0.5, 0.6) is 5.75 Å². The predicted molar refractivity (Wildman–Crippen MR) is 158 cm³/mol. The van der Waals surface area contributed by atoms with Crippen molar-refractivity contribution in [2.45, 2.75) is 52.1 Å². The lowest BCUT2D eigenvalue weighted by molar-refractivity contribution is -0.139. The Morgan fingerprint density at radius 1 is 0.927 bits per heavy atom. The van der Waals surface area contributed by atoms with Crippen molar-refractivity contribution < 1.29 is 27.1 Å². The lowest BCUT2D eigenvalue weighted by Crippen LogP contribution is -2.51. The Bertz CT molecular complexity index is 1410. The summed E-state index contributed by atoms with van der Waals surface area (Å²) in [5, 5.41) is 2.84. The van der Waals surface area contributed by atoms with Crippen molar-refractivity contribution in [2.24, 2.45) is 5.92 Å². The minimum Gasteiger partial charge on any atom is -0.494 e. The van der Waals surface area contributed by atoms with Gasteiger partial charge in [0, 0.05) is 13.1 Å². The summed E-state index contributed by atoms with van der Waals surface area (Å²) in [4.78, 5) is 28.3. The highest BCUT2D eigenvalue weighted by molar-refractivity contribution is 7.92. The van der Waals surface area contributed by atoms with Crippen LogP contribution in [0.2, 0.25) is 0 Å². The summed E-state index contributed by atoms with van der Waals surface area (Å²) >= 11 is 0. The van der Waals surface area contributed by atoms with Gasteiger partial charge in [0.2, 0.25) is 11.8 Å². The molecule has 1 atom stereocenters. The lowest BCUT2D eigenvalue weighted by atomic mass is 10.1. The van der Waals surface area contributed by atoms with Gasteiger partial charge in [-0.2, -0.15) is 0 Å². The Morgan fingerprint density at radius 2 is 1.54 bits per heavy atom. The van der Waals surface area contributed by atoms with Gasteiger partial charge in [0.15, 0.2) is 0 Å². The average molecular weight is 584 g/mol. The number of amides is 2. The number of carbonyl (C=O) groups excluding carboxylic acids is 2. The van der Waals surface area contributed by atoms with E-state index in [0.717, 1.165) is 9.87 Å². The number of aryl methyl sites for hydroxylation is 1. The van der Waals surface area contributed by atoms with Crippen molar-refractivity contribution >= 4 is 27.5 Å². The van der Waals surface area contributed by atoms with Crippen LogP contribution in [0.15, 0.2) is 77.7 Å². The van der Waals surface area contributed by atoms with Crippen LogP contribution < -0.4 is 14.4 Å². The molecular formula is C31H38FN3O5S. The zero-order valence-electron chi connectivity index (χ0n) is 24.1. The number of anilines is 1. The number of halogens is 1. The monoisotopic (exact) mass is 583 g/mol. The predicted octanol–water partition coefficient (Wildman–Crippen LogP) is 4.92. The highest BCUT2D eigenvalue weighted by atomic mass is 32.2. The molecule has 220 valence electrons. The first-order chi connectivity index (χ1) is 19.4. The van der Waals surface area contributed by atoms with E-state index in [0.29, 0.717) is 24.5 Å². The fourth-order valence-corrected chi connectivity index (χ4v) is 5.48. The number of nitrogens with one attached hydrogen (secondary N) is 1. The molecule has 0 radical (unpaired) electrons. The van der Waals surface area contributed by atoms with E-state index < -0.39 is 34.3 Å². The Hall–Kier alpha value is -3.92. The minimum absolute atomic E-state index is 0.0168. The van der Waals surface area contributed by atoms with Crippen LogP contribution >= 0.6 is 0 Å². The molecule has 0 unspecified atom stereocenters. The van der Waals surface area contributed by atoms with Crippen LogP contribution in [0.4, 0.5) is 10.1 Å². The maximum atomic E-state index is 13.9. The van der Waals surface area contributed by atoms with Gasteiger partial charge in [-0.25, -0.2) is 12.8 Å². The van der Waals surface area contributed by atoms with E-state index in [1.807, 2.05) is 27.7 Å². The third-order valence-corrected chi connectivity index (χ3v) is 8.23. The van der Waals surface area contributed by atoms with Crippen LogP contribution in [-0.2, 0) is 26.2 Å². The molecule has 0 heterocycles. The molecule has 2 amide bonds. The first kappa shape index (κ1) is 31.6. The van der Waals surface area contributed by atoms with Crippen LogP contribution in [0.3, 0.4) is 0 Å². The van der Waals surface area contributed by atoms with Crippen molar-refractivity contribution in [2.75, 3.05) is 24.0 Å². The molecule has 41 heavy (non-hydrogen) atoms. The van der Waals surface area contributed by atoms with E-state index >= 15 is 0 Å². The molecule has 0 bridgehead atoms. The molecule has 0 aliphatic heterocycles. The number of sulfonamides is 1. The summed E-state index contributed by atoms with van der Waals surface area (Å²) in [6.45, 7) is 9.48. The molecule has 0 aliphatic rings. The standard InChI is InChI=1S/C31H38FN3O5S/c1-6-40-28-15-13-27(14-16-28)35(41(38,39)29-17-7-23(4)8-18-29)21-30(36)34(20-25-9-11-26(32)12-10-25)24(5)31(37)33-19-22(2)3/h7-18,22,24H,6,19-21H2,1-5H3,(H,33,37)/t24-/m1/s1. The smallest absolute Gasteiger partial charge is 0.264 e. The van der Waals surface area contributed by atoms with Gasteiger partial charge in [-0.1, -0.05) is 43.7 Å². The summed E-state index contributed by atoms with van der Waals surface area (Å²) in [6, 6.07) is 17.5. The second-order valence-corrected chi connectivity index (χ2v) is 12.1. The summed E-state index contributed by atoms with van der Waals surface area (Å²) < 4.78 is 47.9. The molecule has 0 saturated heterocycles. The number of carbonyl (C=O) groups is 2. The summed E-state index contributed by atoms with van der Waals surface area (Å²) in [5.41, 5.74) is 1.75. The summed E-state index contributed by atoms with van der Waals surface area (Å²) in [7, 11) is -4.18. The van der Waals surface area contributed by atoms with Gasteiger partial charge in [0.25, 0.3) is 10.0 Å². The molecule has 3 aromatic carbocycles. The Morgan fingerprint density at radius 3 is 2.10 bits per heavy atom. The van der Waals surface area contributed by atoms with Crippen LogP contribution in [0, 0.1) is 18.7 Å². The van der Waals surface area contributed by atoms with Gasteiger partial charge in [0.1, 0.15) is 24.2 Å². The van der Waals surface area contributed by atoms with Crippen molar-refractivity contribution in [1.29, 1.82) is 0 Å². The summed E-state index contributed by atoms with van der Waals surface area (Å²) in [6.07, 6.45) is 0. The zero-order chi connectivity index (χ0) is 30.2. The lowest BCUT2D eigenvalue weighted by Gasteiger charge is -2.32. The third-order valence-electron chi connectivity index (χ3n) is 6.44. The van der Waals surface area contributed by atoms with Crippen LogP contribution in [-0.4, -0.2) is 50.9 Å². The van der Waals surface area contributed by atoms with Gasteiger partial charge in [-0.15, -0.1) is 0 Å². The van der Waals surface area contributed by atoms with Crippen molar-refractivity contribution in [1.82, 2.24) is 10.2 Å². The number of rotatable bonds is 13. The molecule has 10 heteroatoms. The number of ether oxygens (including phenoxy) is 1. The largest absolute Gasteiger partial charge is 0.494 e. The molecule has 8 nitrogen and oxygen atoms in total. The molecule has 3 rings (SSSR count). The van der Waals surface area contributed by atoms with Gasteiger partial charge < -0.3 is 15.0 Å². The first-order valence-corrected chi connectivity index (χ1v) is 15.0. The average Bonchev–Trinajstić information content (AvgIpc) is 2.94. The quantitative estimate of drug-likeness (QED) is 0.308. The molecule has 0 aromatic heterocycles. The number of hydrogen-bond donors (Lipinski definition) is 1. The SMILES string of the molecule is CCOc1ccc(N(CC(=O)N(Cc2ccc(F)cc2)[C@H](C)C(=O)NCC(C)C)S(=O)(=O)c2ccc(C)cc2)cc1. The van der Waals surface area contributed by atoms with E-state index in [4.69, 9.17) is 4.74 Å². The number of nitrogens with zero attached hydrogens (tertiary/aromatic N) is 2. The van der Waals surface area contributed by atoms with E-state index in [9.17, 15) is 22.4 Å². The molecule has 0 fully saturated rings. The highest BCUT2D eigenvalue weighted by Gasteiger charge is 2.32. The van der Waals surface area contributed by atoms with E-state index in [1.165, 1.54) is 41.3 Å². The molecule has 3 aromatic rings. The highest BCUT2D eigenvalue weighted by Crippen LogP contribution is 2.27. The van der Waals surface area contributed by atoms with E-state index in [1.54, 1.807) is 43.3 Å². The van der Waals surface area contributed by atoms with Gasteiger partial charge >= 0.3 is 0 Å². The zero-order valence-corrected chi connectivity index (χ0v) is 24.9. The second kappa shape index (κ2) is 14.1. The topological polar surface area (TPSA) is 96.0 Å². The Kier molecular flexibility index (Phi) is 10.9. The minimum atomic E-state index is -4.18. The summed E-state index contributed by atoms with van der Waals surface area (Å²) in [5.74, 6) is -0.639. The normalized spacial score (nSPS) is 12.1. The molecule has 1 N–H and O–H groups in total. The van der Waals surface area contributed by atoms with Crippen LogP contribution in [0.1, 0.15) is 38.8 Å². The fraction of sp³-hybridized carbons (Fsp3) is 0.355. The van der Waals surface area contributed by atoms with Gasteiger partial charge in [-0.05, 0) is 80.8 Å². The molecule has 0 aliphatic carbocycles. The number of hydrogen-bond acceptors (Lipinski definition) is 5. The van der Waals surface area contributed by atoms with E-state index in [2.05, 4.69) is 5.32 Å².